The van der Waals surface area contributed by atoms with Crippen LogP contribution in [0.5, 0.6) is 0 Å². The highest BCUT2D eigenvalue weighted by atomic mass is 28.3. The van der Waals surface area contributed by atoms with Gasteiger partial charge in [0.25, 0.3) is 0 Å². The molecule has 9 aromatic carbocycles. The van der Waals surface area contributed by atoms with Gasteiger partial charge in [-0.05, 0) is 78.6 Å². The second-order valence-corrected chi connectivity index (χ2v) is 22.7. The molecule has 0 atom stereocenters. The second kappa shape index (κ2) is 18.3. The van der Waals surface area contributed by atoms with Gasteiger partial charge in [0.2, 0.25) is 0 Å². The first kappa shape index (κ1) is 39.2. The van der Waals surface area contributed by atoms with Crippen LogP contribution in [0, 0.1) is 0 Å². The molecule has 1 nitrogen and oxygen atoms in total. The molecule has 0 spiro atoms. The van der Waals surface area contributed by atoms with Crippen molar-refractivity contribution in [1.29, 1.82) is 0 Å². The van der Waals surface area contributed by atoms with Crippen LogP contribution < -0.4 is 36.0 Å². The molecule has 9 aromatic rings. The number of hydrogen-bond donors (Lipinski definition) is 0. The van der Waals surface area contributed by atoms with E-state index >= 15 is 0 Å². The van der Waals surface area contributed by atoms with Gasteiger partial charge in [0, 0.05) is 17.1 Å². The summed E-state index contributed by atoms with van der Waals surface area (Å²) in [6, 6.07) is 94.9. The molecule has 9 rings (SSSR count). The van der Waals surface area contributed by atoms with Crippen LogP contribution in [0.25, 0.3) is 12.2 Å². The van der Waals surface area contributed by atoms with Crippen molar-refractivity contribution < 1.29 is 0 Å². The van der Waals surface area contributed by atoms with E-state index in [0.717, 1.165) is 17.1 Å². The molecule has 0 aliphatic heterocycles. The quantitative estimate of drug-likeness (QED) is 0.0828. The molecule has 0 bridgehead atoms. The molecule has 292 valence electrons. The summed E-state index contributed by atoms with van der Waals surface area (Å²) in [6.45, 7) is 0. The summed E-state index contributed by atoms with van der Waals surface area (Å²) >= 11 is 0. The van der Waals surface area contributed by atoms with Crippen LogP contribution in [0.3, 0.4) is 0 Å². The van der Waals surface area contributed by atoms with Gasteiger partial charge in [-0.3, -0.25) is 0 Å². The zero-order chi connectivity index (χ0) is 41.2. The maximum absolute atomic E-state index is 2.52. The fourth-order valence-corrected chi connectivity index (χ4v) is 17.1. The Morgan fingerprint density at radius 2 is 0.443 bits per heavy atom. The van der Waals surface area contributed by atoms with Crippen LogP contribution >= 0.6 is 0 Å². The lowest BCUT2D eigenvalue weighted by Gasteiger charge is -2.31. The molecule has 0 amide bonds. The third-order valence-corrected chi connectivity index (χ3v) is 20.5. The Labute approximate surface area is 362 Å². The molecular formula is C58H47NSi2. The van der Waals surface area contributed by atoms with E-state index in [4.69, 9.17) is 0 Å². The summed E-state index contributed by atoms with van der Waals surface area (Å²) in [4.78, 5) is 2.34. The van der Waals surface area contributed by atoms with E-state index in [0.29, 0.717) is 0 Å². The van der Waals surface area contributed by atoms with Crippen molar-refractivity contribution in [3.05, 3.63) is 283 Å². The second-order valence-electron chi connectivity index (χ2n) is 15.3. The van der Waals surface area contributed by atoms with Gasteiger partial charge < -0.3 is 4.90 Å². The number of para-hydroxylation sites is 1. The molecule has 61 heavy (non-hydrogen) atoms. The number of rotatable bonds is 13. The first-order valence-corrected chi connectivity index (χ1v) is 25.2. The third-order valence-electron chi connectivity index (χ3n) is 11.7. The van der Waals surface area contributed by atoms with Gasteiger partial charge in [-0.2, -0.15) is 0 Å². The van der Waals surface area contributed by atoms with Crippen molar-refractivity contribution in [2.75, 3.05) is 4.90 Å². The van der Waals surface area contributed by atoms with Crippen molar-refractivity contribution in [2.45, 2.75) is 0 Å². The first-order chi connectivity index (χ1) is 30.2. The highest BCUT2D eigenvalue weighted by Crippen LogP contribution is 2.35. The molecule has 0 N–H and O–H groups in total. The molecule has 0 saturated carbocycles. The first-order valence-electron chi connectivity index (χ1n) is 21.0. The minimum Gasteiger partial charge on any atom is -0.311 e. The van der Waals surface area contributed by atoms with Crippen LogP contribution in [0.2, 0.25) is 0 Å². The standard InChI is InChI=1S/C58H47NSi2/c1-8-22-50(23-9-1)59(51-40-36-48(37-41-51)44-46-60(53-24-10-2-11-25-53,54-26-12-3-13-27-54)55-28-14-4-15-29-55)52-42-38-49(39-43-52)45-47-61(56-30-16-5-17-31-56,57-32-18-6-19-33-57)58-34-20-7-21-35-58/h1-47H/b46-44+,47-45+. The number of benzene rings is 9. The lowest BCUT2D eigenvalue weighted by molar-refractivity contribution is 1.28. The largest absolute Gasteiger partial charge is 0.311 e. The smallest absolute Gasteiger partial charge is 0.172 e. The summed E-state index contributed by atoms with van der Waals surface area (Å²) in [7, 11) is -5.05. The van der Waals surface area contributed by atoms with E-state index in [1.807, 2.05) is 0 Å². The van der Waals surface area contributed by atoms with Crippen molar-refractivity contribution in [3.63, 3.8) is 0 Å². The summed E-state index contributed by atoms with van der Waals surface area (Å²) in [5.74, 6) is 0. The zero-order valence-electron chi connectivity index (χ0n) is 34.1. The maximum Gasteiger partial charge on any atom is 0.172 e. The normalized spacial score (nSPS) is 11.8. The van der Waals surface area contributed by atoms with Crippen LogP contribution in [-0.2, 0) is 0 Å². The van der Waals surface area contributed by atoms with Crippen molar-refractivity contribution in [1.82, 2.24) is 0 Å². The fourth-order valence-electron chi connectivity index (χ4n) is 8.72. The molecule has 0 aromatic heterocycles. The SMILES string of the molecule is C(=C\[Si](c1ccccc1)(c1ccccc1)c1ccccc1)/c1ccc(N(c2ccccc2)c2ccc(/C=C/[Si](c3ccccc3)(c3ccccc3)c3ccccc3)cc2)cc1. The minimum absolute atomic E-state index is 1.10. The summed E-state index contributed by atoms with van der Waals surface area (Å²) in [5, 5.41) is 8.18. The van der Waals surface area contributed by atoms with Gasteiger partial charge in [-0.1, -0.05) is 248 Å². The van der Waals surface area contributed by atoms with E-state index in [1.54, 1.807) is 0 Å². The average Bonchev–Trinajstić information content (AvgIpc) is 3.35. The Balaban J connectivity index is 1.06. The topological polar surface area (TPSA) is 3.24 Å². The van der Waals surface area contributed by atoms with Crippen LogP contribution in [0.15, 0.2) is 272 Å². The molecule has 0 aliphatic carbocycles. The van der Waals surface area contributed by atoms with E-state index in [-0.39, 0.29) is 0 Å². The third kappa shape index (κ3) is 8.18. The van der Waals surface area contributed by atoms with Gasteiger partial charge in [0.05, 0.1) is 0 Å². The molecule has 0 radical (unpaired) electrons. The molecular weight excluding hydrogens is 767 g/mol. The molecule has 0 heterocycles. The lowest BCUT2D eigenvalue weighted by atomic mass is 10.1. The molecule has 3 heteroatoms. The summed E-state index contributed by atoms with van der Waals surface area (Å²) in [5.41, 5.74) is 10.7. The highest BCUT2D eigenvalue weighted by Gasteiger charge is 2.38. The van der Waals surface area contributed by atoms with Gasteiger partial charge in [0.15, 0.2) is 16.1 Å². The monoisotopic (exact) mass is 813 g/mol. The predicted octanol–water partition coefficient (Wildman–Crippen LogP) is 10.6. The molecule has 0 unspecified atom stereocenters. The Morgan fingerprint density at radius 1 is 0.230 bits per heavy atom. The Bertz CT molecular complexity index is 2420. The Kier molecular flexibility index (Phi) is 11.8. The van der Waals surface area contributed by atoms with Crippen molar-refractivity contribution in [2.24, 2.45) is 0 Å². The van der Waals surface area contributed by atoms with Gasteiger partial charge in [-0.25, -0.2) is 0 Å². The predicted molar refractivity (Wildman–Crippen MR) is 267 cm³/mol. The molecule has 0 saturated heterocycles. The number of hydrogen-bond acceptors (Lipinski definition) is 1. The van der Waals surface area contributed by atoms with Crippen LogP contribution in [0.1, 0.15) is 11.1 Å². The van der Waals surface area contributed by atoms with Crippen molar-refractivity contribution >= 4 is 76.5 Å². The van der Waals surface area contributed by atoms with Gasteiger partial charge in [0.1, 0.15) is 0 Å². The van der Waals surface area contributed by atoms with Crippen LogP contribution in [0.4, 0.5) is 17.1 Å². The summed E-state index contributed by atoms with van der Waals surface area (Å²) < 4.78 is 0. The van der Waals surface area contributed by atoms with E-state index in [9.17, 15) is 0 Å². The minimum atomic E-state index is -2.52. The van der Waals surface area contributed by atoms with E-state index in [2.05, 4.69) is 289 Å². The van der Waals surface area contributed by atoms with E-state index < -0.39 is 16.1 Å². The zero-order valence-corrected chi connectivity index (χ0v) is 36.1. The Morgan fingerprint density at radius 3 is 0.689 bits per heavy atom. The fraction of sp³-hybridized carbons (Fsp3) is 0. The van der Waals surface area contributed by atoms with Crippen LogP contribution in [-0.4, -0.2) is 16.1 Å². The van der Waals surface area contributed by atoms with Gasteiger partial charge >= 0.3 is 0 Å². The number of anilines is 3. The molecule has 0 aliphatic rings. The Hall–Kier alpha value is -7.31. The van der Waals surface area contributed by atoms with Crippen molar-refractivity contribution in [3.8, 4) is 0 Å². The van der Waals surface area contributed by atoms with E-state index in [1.165, 1.54) is 42.2 Å². The maximum atomic E-state index is 2.51. The highest BCUT2D eigenvalue weighted by molar-refractivity contribution is 7.15. The summed E-state index contributed by atoms with van der Waals surface area (Å²) in [6.07, 6.45) is 4.67. The lowest BCUT2D eigenvalue weighted by Crippen LogP contribution is -2.66. The average molecular weight is 814 g/mol. The molecule has 0 fully saturated rings. The number of nitrogens with zero attached hydrogens (tertiary/aromatic N) is 1. The van der Waals surface area contributed by atoms with Gasteiger partial charge in [-0.15, -0.1) is 0 Å².